The minimum absolute atomic E-state index is 0.0502. The highest BCUT2D eigenvalue weighted by Crippen LogP contribution is 2.43. The van der Waals surface area contributed by atoms with Crippen LogP contribution in [0.3, 0.4) is 0 Å². The van der Waals surface area contributed by atoms with Crippen LogP contribution < -0.4 is 4.90 Å². The lowest BCUT2D eigenvalue weighted by molar-refractivity contribution is 0.397. The molecule has 12 rings (SSSR count). The van der Waals surface area contributed by atoms with E-state index in [2.05, 4.69) is 216 Å². The molecule has 61 heavy (non-hydrogen) atoms. The van der Waals surface area contributed by atoms with Gasteiger partial charge in [0.1, 0.15) is 11.8 Å². The van der Waals surface area contributed by atoms with Crippen LogP contribution in [0.4, 0.5) is 17.1 Å². The Morgan fingerprint density at radius 3 is 1.95 bits per heavy atom. The molecule has 0 spiro atoms. The standard InChI is InChI=1S/C57H39N3O/c1-3-12-41(13-4-1)57-58-56-50-32-25-44(36-45(50)26-34-55(56)61-57)40-23-29-48(30-24-40)59(47-27-21-39(22-28-47)43-20-19-38-11-7-8-14-42(38)35-43)49-31-33-52-51-17-9-10-18-53(51)60(54(52)37-49)46-15-5-2-6-16-46/h1-37,50,56H. The van der Waals surface area contributed by atoms with Crippen molar-refractivity contribution in [3.63, 3.8) is 0 Å². The third kappa shape index (κ3) is 6.11. The molecule has 0 fully saturated rings. The largest absolute Gasteiger partial charge is 0.441 e. The molecule has 2 atom stereocenters. The number of anilines is 3. The van der Waals surface area contributed by atoms with E-state index in [0.717, 1.165) is 45.2 Å². The second-order valence-corrected chi connectivity index (χ2v) is 15.9. The molecule has 8 aromatic carbocycles. The molecule has 0 saturated carbocycles. The molecule has 4 heteroatoms. The van der Waals surface area contributed by atoms with E-state index in [1.807, 2.05) is 18.2 Å². The molecular weight excluding hydrogens is 743 g/mol. The van der Waals surface area contributed by atoms with Crippen molar-refractivity contribution < 1.29 is 4.74 Å². The fourth-order valence-electron chi connectivity index (χ4n) is 9.31. The molecular formula is C57H39N3O. The van der Waals surface area contributed by atoms with E-state index in [4.69, 9.17) is 9.73 Å². The summed E-state index contributed by atoms with van der Waals surface area (Å²) in [6, 6.07) is 69.6. The van der Waals surface area contributed by atoms with E-state index in [-0.39, 0.29) is 12.0 Å². The SMILES string of the molecule is C1=CC2C(=CC=C3OC(c4ccccc4)=NC32)C=C1c1ccc(N(c2ccc(-c3ccc4ccccc4c3)cc2)c2ccc3c4ccccc4n(-c4ccccc4)c3c2)cc1. The van der Waals surface area contributed by atoms with Gasteiger partial charge in [0.05, 0.1) is 11.0 Å². The van der Waals surface area contributed by atoms with Gasteiger partial charge in [0.25, 0.3) is 0 Å². The average Bonchev–Trinajstić information content (AvgIpc) is 3.92. The molecule has 0 saturated heterocycles. The van der Waals surface area contributed by atoms with Gasteiger partial charge in [-0.05, 0) is 117 Å². The van der Waals surface area contributed by atoms with Gasteiger partial charge >= 0.3 is 0 Å². The van der Waals surface area contributed by atoms with Crippen LogP contribution in [0.5, 0.6) is 0 Å². The smallest absolute Gasteiger partial charge is 0.222 e. The van der Waals surface area contributed by atoms with Crippen LogP contribution in [0.2, 0.25) is 0 Å². The highest BCUT2D eigenvalue weighted by molar-refractivity contribution is 6.10. The maximum Gasteiger partial charge on any atom is 0.222 e. The van der Waals surface area contributed by atoms with Crippen LogP contribution in [0.1, 0.15) is 11.1 Å². The van der Waals surface area contributed by atoms with E-state index in [1.54, 1.807) is 0 Å². The predicted octanol–water partition coefficient (Wildman–Crippen LogP) is 14.3. The second kappa shape index (κ2) is 14.4. The molecule has 4 nitrogen and oxygen atoms in total. The van der Waals surface area contributed by atoms with Gasteiger partial charge in [0, 0.05) is 45.0 Å². The van der Waals surface area contributed by atoms with Crippen molar-refractivity contribution in [2.75, 3.05) is 4.90 Å². The van der Waals surface area contributed by atoms with Gasteiger partial charge in [0.2, 0.25) is 5.90 Å². The summed E-state index contributed by atoms with van der Waals surface area (Å²) in [5.41, 5.74) is 13.7. The molecule has 2 unspecified atom stereocenters. The number of nitrogens with zero attached hydrogens (tertiary/aromatic N) is 3. The first-order chi connectivity index (χ1) is 30.2. The van der Waals surface area contributed by atoms with Crippen molar-refractivity contribution in [3.8, 4) is 16.8 Å². The first-order valence-corrected chi connectivity index (χ1v) is 20.9. The van der Waals surface area contributed by atoms with E-state index in [0.29, 0.717) is 5.90 Å². The third-order valence-electron chi connectivity index (χ3n) is 12.4. The Morgan fingerprint density at radius 2 is 1.15 bits per heavy atom. The Kier molecular flexibility index (Phi) is 8.27. The third-order valence-corrected chi connectivity index (χ3v) is 12.4. The van der Waals surface area contributed by atoms with E-state index < -0.39 is 0 Å². The maximum atomic E-state index is 6.24. The lowest BCUT2D eigenvalue weighted by atomic mass is 9.81. The van der Waals surface area contributed by atoms with E-state index in [9.17, 15) is 0 Å². The zero-order valence-electron chi connectivity index (χ0n) is 33.3. The number of hydrogen-bond donors (Lipinski definition) is 0. The van der Waals surface area contributed by atoms with Crippen LogP contribution in [-0.2, 0) is 4.74 Å². The summed E-state index contributed by atoms with van der Waals surface area (Å²) in [7, 11) is 0. The van der Waals surface area contributed by atoms with Crippen LogP contribution in [0.15, 0.2) is 241 Å². The van der Waals surface area contributed by atoms with Gasteiger partial charge in [0.15, 0.2) is 0 Å². The summed E-state index contributed by atoms with van der Waals surface area (Å²) < 4.78 is 8.62. The van der Waals surface area contributed by atoms with Crippen molar-refractivity contribution in [1.82, 2.24) is 4.57 Å². The van der Waals surface area contributed by atoms with Gasteiger partial charge in [-0.1, -0.05) is 146 Å². The molecule has 9 aromatic rings. The number of aromatic nitrogens is 1. The molecule has 1 aromatic heterocycles. The normalized spacial score (nSPS) is 16.7. The predicted molar refractivity (Wildman–Crippen MR) is 253 cm³/mol. The molecule has 2 heterocycles. The highest BCUT2D eigenvalue weighted by atomic mass is 16.5. The average molecular weight is 782 g/mol. The minimum Gasteiger partial charge on any atom is -0.441 e. The summed E-state index contributed by atoms with van der Waals surface area (Å²) >= 11 is 0. The number of benzene rings is 8. The first kappa shape index (κ1) is 35.0. The number of aliphatic imine (C=N–C) groups is 1. The zero-order valence-corrected chi connectivity index (χ0v) is 33.3. The number of fused-ring (bicyclic) bond motifs is 7. The van der Waals surface area contributed by atoms with Crippen molar-refractivity contribution in [3.05, 3.63) is 247 Å². The maximum absolute atomic E-state index is 6.24. The number of para-hydroxylation sites is 2. The second-order valence-electron chi connectivity index (χ2n) is 15.9. The van der Waals surface area contributed by atoms with Gasteiger partial charge in [-0.15, -0.1) is 0 Å². The van der Waals surface area contributed by atoms with Gasteiger partial charge in [-0.3, -0.25) is 0 Å². The van der Waals surface area contributed by atoms with Gasteiger partial charge < -0.3 is 14.2 Å². The van der Waals surface area contributed by atoms with Crippen LogP contribution in [-0.4, -0.2) is 16.5 Å². The molecule has 3 aliphatic rings. The van der Waals surface area contributed by atoms with E-state index in [1.165, 1.54) is 49.3 Å². The Hall–Kier alpha value is -7.95. The summed E-state index contributed by atoms with van der Waals surface area (Å²) in [6.45, 7) is 0. The topological polar surface area (TPSA) is 29.8 Å². The summed E-state index contributed by atoms with van der Waals surface area (Å²) in [5.74, 6) is 1.74. The fourth-order valence-corrected chi connectivity index (χ4v) is 9.31. The molecule has 0 N–H and O–H groups in total. The van der Waals surface area contributed by atoms with Crippen LogP contribution in [0, 0.1) is 5.92 Å². The quantitative estimate of drug-likeness (QED) is 0.161. The van der Waals surface area contributed by atoms with Crippen molar-refractivity contribution >= 4 is 61.1 Å². The molecule has 2 aliphatic carbocycles. The number of hydrogen-bond acceptors (Lipinski definition) is 3. The zero-order chi connectivity index (χ0) is 40.3. The molecule has 0 radical (unpaired) electrons. The van der Waals surface area contributed by atoms with Gasteiger partial charge in [-0.2, -0.15) is 0 Å². The van der Waals surface area contributed by atoms with Gasteiger partial charge in [-0.25, -0.2) is 4.99 Å². The molecule has 288 valence electrons. The van der Waals surface area contributed by atoms with Crippen LogP contribution >= 0.6 is 0 Å². The lowest BCUT2D eigenvalue weighted by Gasteiger charge is -2.27. The molecule has 0 amide bonds. The summed E-state index contributed by atoms with van der Waals surface area (Å²) in [4.78, 5) is 7.41. The van der Waals surface area contributed by atoms with E-state index >= 15 is 0 Å². The Morgan fingerprint density at radius 1 is 0.492 bits per heavy atom. The van der Waals surface area contributed by atoms with Crippen molar-refractivity contribution in [1.29, 1.82) is 0 Å². The summed E-state index contributed by atoms with van der Waals surface area (Å²) in [6.07, 6.45) is 11.1. The Balaban J connectivity index is 0.922. The number of rotatable bonds is 7. The van der Waals surface area contributed by atoms with Crippen molar-refractivity contribution in [2.24, 2.45) is 10.9 Å². The minimum atomic E-state index is -0.0502. The Bertz CT molecular complexity index is 3310. The fraction of sp³-hybridized carbons (Fsp3) is 0.0351. The molecule has 1 aliphatic heterocycles. The number of ether oxygens (including phenoxy) is 1. The monoisotopic (exact) mass is 781 g/mol. The Labute approximate surface area is 354 Å². The molecule has 0 bridgehead atoms. The first-order valence-electron chi connectivity index (χ1n) is 20.9. The summed E-state index contributed by atoms with van der Waals surface area (Å²) in [5, 5.41) is 4.95. The van der Waals surface area contributed by atoms with Crippen LogP contribution in [0.25, 0.3) is 55.0 Å². The van der Waals surface area contributed by atoms with Crippen molar-refractivity contribution in [2.45, 2.75) is 6.04 Å². The highest BCUT2D eigenvalue weighted by Gasteiger charge is 2.36. The number of allylic oxidation sites excluding steroid dienone is 5. The lowest BCUT2D eigenvalue weighted by Crippen LogP contribution is -2.22.